The number of hydrogen-bond acceptors (Lipinski definition) is 5. The van der Waals surface area contributed by atoms with E-state index in [-0.39, 0.29) is 18.0 Å². The van der Waals surface area contributed by atoms with E-state index >= 15 is 0 Å². The molecule has 0 heterocycles. The number of alkyl halides is 2. The minimum absolute atomic E-state index is 0.151. The van der Waals surface area contributed by atoms with Crippen LogP contribution in [-0.2, 0) is 29.0 Å². The quantitative estimate of drug-likeness (QED) is 0.191. The van der Waals surface area contributed by atoms with Crippen molar-refractivity contribution in [2.45, 2.75) is 44.4 Å². The predicted octanol–water partition coefficient (Wildman–Crippen LogP) is 4.17. The van der Waals surface area contributed by atoms with Gasteiger partial charge in [-0.05, 0) is 54.5 Å². The lowest BCUT2D eigenvalue weighted by atomic mass is 10.0. The maximum atomic E-state index is 13.4. The fourth-order valence-electron chi connectivity index (χ4n) is 3.76. The summed E-state index contributed by atoms with van der Waals surface area (Å²) < 4.78 is 31.1. The summed E-state index contributed by atoms with van der Waals surface area (Å²) in [5.74, 6) is -3.05. The van der Waals surface area contributed by atoms with Crippen LogP contribution < -0.4 is 21.1 Å². The van der Waals surface area contributed by atoms with Gasteiger partial charge in [0.2, 0.25) is 5.91 Å². The van der Waals surface area contributed by atoms with Crippen molar-refractivity contribution in [2.24, 2.45) is 0 Å². The van der Waals surface area contributed by atoms with Gasteiger partial charge in [0.15, 0.2) is 0 Å². The van der Waals surface area contributed by atoms with Crippen LogP contribution in [0.4, 0.5) is 14.5 Å². The van der Waals surface area contributed by atoms with Crippen molar-refractivity contribution in [3.63, 3.8) is 0 Å². The molecule has 0 fully saturated rings. The van der Waals surface area contributed by atoms with Crippen LogP contribution >= 0.6 is 0 Å². The van der Waals surface area contributed by atoms with Crippen LogP contribution in [0.2, 0.25) is 0 Å². The Labute approximate surface area is 214 Å². The number of carboxylic acid groups (broad SMARTS) is 1. The molecule has 37 heavy (non-hydrogen) atoms. The molecule has 3 rings (SSSR count). The number of unbranched alkanes of at least 4 members (excludes halogenated alkanes) is 1. The molecule has 3 aromatic rings. The molecule has 0 aromatic heterocycles. The van der Waals surface area contributed by atoms with Gasteiger partial charge in [0.25, 0.3) is 0 Å². The second kappa shape index (κ2) is 13.4. The highest BCUT2D eigenvalue weighted by Gasteiger charge is 2.42. The highest BCUT2D eigenvalue weighted by atomic mass is 19.3. The number of hydrogen-bond donors (Lipinski definition) is 4. The molecular weight excluding hydrogens is 480 g/mol. The molecule has 1 atom stereocenters. The summed E-state index contributed by atoms with van der Waals surface area (Å²) in [6.07, 6.45) is -1.48. The van der Waals surface area contributed by atoms with E-state index in [9.17, 15) is 18.4 Å². The third-order valence-electron chi connectivity index (χ3n) is 5.75. The highest BCUT2D eigenvalue weighted by molar-refractivity contribution is 5.82. The lowest BCUT2D eigenvalue weighted by Gasteiger charge is -2.20. The zero-order chi connectivity index (χ0) is 26.7. The van der Waals surface area contributed by atoms with Crippen molar-refractivity contribution in [1.29, 1.82) is 0 Å². The molecule has 0 spiro atoms. The summed E-state index contributed by atoms with van der Waals surface area (Å²) in [4.78, 5) is 23.7. The van der Waals surface area contributed by atoms with Crippen LogP contribution in [-0.4, -0.2) is 35.7 Å². The van der Waals surface area contributed by atoms with Crippen molar-refractivity contribution in [2.75, 3.05) is 12.3 Å². The number of anilines is 1. The van der Waals surface area contributed by atoms with Gasteiger partial charge in [-0.2, -0.15) is 8.78 Å². The van der Waals surface area contributed by atoms with E-state index in [0.29, 0.717) is 18.7 Å². The summed E-state index contributed by atoms with van der Waals surface area (Å²) in [7, 11) is 0. The average Bonchev–Trinajstić information content (AvgIpc) is 2.88. The van der Waals surface area contributed by atoms with Gasteiger partial charge >= 0.3 is 12.1 Å². The number of ether oxygens (including phenoxy) is 1. The first-order valence-electron chi connectivity index (χ1n) is 12.0. The Hall–Kier alpha value is -3.98. The van der Waals surface area contributed by atoms with Gasteiger partial charge in [0.05, 0.1) is 11.7 Å². The molecule has 0 aliphatic rings. The summed E-state index contributed by atoms with van der Waals surface area (Å²) in [6, 6.07) is 23.2. The summed E-state index contributed by atoms with van der Waals surface area (Å²) in [5, 5.41) is 14.8. The fourth-order valence-corrected chi connectivity index (χ4v) is 3.76. The Morgan fingerprint density at radius 3 is 2.19 bits per heavy atom. The molecule has 3 aromatic carbocycles. The number of benzene rings is 3. The molecule has 0 unspecified atom stereocenters. The second-order valence-corrected chi connectivity index (χ2v) is 8.65. The van der Waals surface area contributed by atoms with Gasteiger partial charge < -0.3 is 26.2 Å². The number of carbonyl (C=O) groups is 2. The topological polar surface area (TPSA) is 114 Å². The number of carboxylic acids is 1. The van der Waals surface area contributed by atoms with Gasteiger partial charge in [-0.15, -0.1) is 0 Å². The fraction of sp³-hybridized carbons (Fsp3) is 0.286. The first-order valence-corrected chi connectivity index (χ1v) is 12.0. The van der Waals surface area contributed by atoms with Crippen molar-refractivity contribution < 1.29 is 28.2 Å². The molecule has 7 nitrogen and oxygen atoms in total. The molecule has 0 saturated carbocycles. The Balaban J connectivity index is 1.61. The zero-order valence-electron chi connectivity index (χ0n) is 20.3. The molecule has 9 heteroatoms. The van der Waals surface area contributed by atoms with E-state index in [1.165, 1.54) is 23.8 Å². The predicted molar refractivity (Wildman–Crippen MR) is 137 cm³/mol. The molecule has 5 N–H and O–H groups in total. The summed E-state index contributed by atoms with van der Waals surface area (Å²) in [6.45, 7) is 0.975. The van der Waals surface area contributed by atoms with Gasteiger partial charge in [-0.1, -0.05) is 66.7 Å². The standard InChI is InChI=1S/C28H31F2N3O4/c29-28(30,27(35)36)37-25-15-14-22(17-23(25)31)18-24(33-19-21-12-5-2-6-13-21)26(34)32-16-8-7-11-20-9-3-1-4-10-20/h1-6,9-10,12-15,17,24,33H,7-8,11,16,18-19,31H2,(H,32,34)(H,35,36)/t24-/m0/s1. The zero-order valence-corrected chi connectivity index (χ0v) is 20.3. The molecule has 196 valence electrons. The minimum atomic E-state index is -4.41. The Morgan fingerprint density at radius 2 is 1.57 bits per heavy atom. The first-order chi connectivity index (χ1) is 17.7. The van der Waals surface area contributed by atoms with Crippen molar-refractivity contribution in [3.05, 3.63) is 95.6 Å². The first kappa shape index (κ1) is 27.6. The largest absolute Gasteiger partial charge is 0.501 e. The lowest BCUT2D eigenvalue weighted by Crippen LogP contribution is -2.45. The summed E-state index contributed by atoms with van der Waals surface area (Å²) >= 11 is 0. The van der Waals surface area contributed by atoms with Crippen LogP contribution in [0.15, 0.2) is 78.9 Å². The van der Waals surface area contributed by atoms with E-state index in [4.69, 9.17) is 10.8 Å². The number of rotatable bonds is 14. The maximum Gasteiger partial charge on any atom is 0.501 e. The van der Waals surface area contributed by atoms with E-state index in [1.54, 1.807) is 0 Å². The number of aryl methyl sites for hydroxylation is 1. The normalized spacial score (nSPS) is 12.1. The molecular formula is C28H31F2N3O4. The smallest absolute Gasteiger partial charge is 0.474 e. The van der Waals surface area contributed by atoms with E-state index in [2.05, 4.69) is 27.5 Å². The Kier molecular flexibility index (Phi) is 9.97. The van der Waals surface area contributed by atoms with Crippen LogP contribution in [0.25, 0.3) is 0 Å². The maximum absolute atomic E-state index is 13.4. The van der Waals surface area contributed by atoms with Crippen molar-refractivity contribution >= 4 is 17.6 Å². The average molecular weight is 512 g/mol. The van der Waals surface area contributed by atoms with Gasteiger partial charge in [0.1, 0.15) is 5.75 Å². The molecule has 0 aliphatic heterocycles. The van der Waals surface area contributed by atoms with Gasteiger partial charge in [0, 0.05) is 13.1 Å². The van der Waals surface area contributed by atoms with Crippen LogP contribution in [0, 0.1) is 0 Å². The van der Waals surface area contributed by atoms with Gasteiger partial charge in [-0.25, -0.2) is 4.79 Å². The molecule has 0 bridgehead atoms. The van der Waals surface area contributed by atoms with Crippen molar-refractivity contribution in [3.8, 4) is 5.75 Å². The number of amides is 1. The Morgan fingerprint density at radius 1 is 0.919 bits per heavy atom. The second-order valence-electron chi connectivity index (χ2n) is 8.65. The molecule has 0 saturated heterocycles. The minimum Gasteiger partial charge on any atom is -0.474 e. The molecule has 0 radical (unpaired) electrons. The van der Waals surface area contributed by atoms with Crippen molar-refractivity contribution in [1.82, 2.24) is 10.6 Å². The van der Waals surface area contributed by atoms with Crippen LogP contribution in [0.5, 0.6) is 5.75 Å². The number of halogens is 2. The number of aliphatic carboxylic acids is 1. The SMILES string of the molecule is Nc1cc(C[C@H](NCc2ccccc2)C(=O)NCCCCc2ccccc2)ccc1OC(F)(F)C(=O)O. The molecule has 1 amide bonds. The van der Waals surface area contributed by atoms with Crippen LogP contribution in [0.3, 0.4) is 0 Å². The third kappa shape index (κ3) is 8.88. The van der Waals surface area contributed by atoms with Crippen LogP contribution in [0.1, 0.15) is 29.5 Å². The van der Waals surface area contributed by atoms with E-state index in [1.807, 2.05) is 48.5 Å². The van der Waals surface area contributed by atoms with Gasteiger partial charge in [-0.3, -0.25) is 4.79 Å². The number of nitrogens with one attached hydrogen (secondary N) is 2. The monoisotopic (exact) mass is 511 g/mol. The third-order valence-corrected chi connectivity index (χ3v) is 5.75. The summed E-state index contributed by atoms with van der Waals surface area (Å²) in [5.41, 5.74) is 8.54. The van der Waals surface area contributed by atoms with E-state index in [0.717, 1.165) is 24.8 Å². The number of carbonyl (C=O) groups excluding carboxylic acids is 1. The number of nitrogens with two attached hydrogens (primary N) is 1. The van der Waals surface area contributed by atoms with E-state index < -0.39 is 23.9 Å². The Bertz CT molecular complexity index is 1160. The highest BCUT2D eigenvalue weighted by Crippen LogP contribution is 2.29. The lowest BCUT2D eigenvalue weighted by molar-refractivity contribution is -0.210. The number of nitrogen functional groups attached to an aromatic ring is 1. The molecule has 0 aliphatic carbocycles.